The maximum Gasteiger partial charge on any atom is 1.00 e. The van der Waals surface area contributed by atoms with Crippen LogP contribution in [0.25, 0.3) is 0 Å². The molecular formula is C9H11NaO2. The van der Waals surface area contributed by atoms with Gasteiger partial charge in [0.2, 0.25) is 0 Å². The van der Waals surface area contributed by atoms with Gasteiger partial charge in [-0.1, -0.05) is 19.1 Å². The van der Waals surface area contributed by atoms with E-state index in [0.717, 1.165) is 6.42 Å². The van der Waals surface area contributed by atoms with Gasteiger partial charge in [0.1, 0.15) is 5.75 Å². The molecular weight excluding hydrogens is 163 g/mol. The Balaban J connectivity index is 0.00000121. The first kappa shape index (κ1) is 11.8. The fraction of sp³-hybridized carbons (Fsp3) is 0.333. The first-order valence-electron chi connectivity index (χ1n) is 3.73. The number of benzene rings is 1. The van der Waals surface area contributed by atoms with Crippen LogP contribution in [-0.4, -0.2) is 6.61 Å². The van der Waals surface area contributed by atoms with E-state index < -0.39 is 0 Å². The van der Waals surface area contributed by atoms with E-state index in [1.54, 1.807) is 12.1 Å². The van der Waals surface area contributed by atoms with Crippen molar-refractivity contribution in [3.8, 4) is 11.5 Å². The number of hydrogen-bond donors (Lipinski definition) is 0. The van der Waals surface area contributed by atoms with Gasteiger partial charge in [0, 0.05) is 0 Å². The molecule has 0 unspecified atom stereocenters. The summed E-state index contributed by atoms with van der Waals surface area (Å²) in [4.78, 5) is 0. The van der Waals surface area contributed by atoms with Crippen LogP contribution in [0.1, 0.15) is 13.3 Å². The molecule has 0 atom stereocenters. The molecule has 1 rings (SSSR count). The van der Waals surface area contributed by atoms with Gasteiger partial charge in [-0.25, -0.2) is 0 Å². The SMILES string of the molecule is CCCOc1cccc([O-])c1.[Na+]. The summed E-state index contributed by atoms with van der Waals surface area (Å²) in [6, 6.07) is 6.50. The average Bonchev–Trinajstić information content (AvgIpc) is 2.01. The molecule has 1 aromatic carbocycles. The van der Waals surface area contributed by atoms with Crippen molar-refractivity contribution in [1.29, 1.82) is 0 Å². The van der Waals surface area contributed by atoms with Crippen molar-refractivity contribution >= 4 is 0 Å². The molecule has 0 heterocycles. The molecule has 0 saturated carbocycles. The van der Waals surface area contributed by atoms with E-state index in [4.69, 9.17) is 4.74 Å². The Labute approximate surface area is 94.8 Å². The van der Waals surface area contributed by atoms with E-state index in [1.807, 2.05) is 6.92 Å². The van der Waals surface area contributed by atoms with Crippen LogP contribution in [0.3, 0.4) is 0 Å². The van der Waals surface area contributed by atoms with Crippen LogP contribution in [0.2, 0.25) is 0 Å². The van der Waals surface area contributed by atoms with Gasteiger partial charge in [0.25, 0.3) is 0 Å². The van der Waals surface area contributed by atoms with Gasteiger partial charge < -0.3 is 9.84 Å². The third kappa shape index (κ3) is 4.00. The normalized spacial score (nSPS) is 8.75. The molecule has 0 amide bonds. The van der Waals surface area contributed by atoms with Crippen LogP contribution < -0.4 is 39.4 Å². The van der Waals surface area contributed by atoms with Gasteiger partial charge in [0.05, 0.1) is 6.61 Å². The maximum atomic E-state index is 10.8. The van der Waals surface area contributed by atoms with E-state index in [2.05, 4.69) is 0 Å². The molecule has 0 radical (unpaired) electrons. The second kappa shape index (κ2) is 6.35. The summed E-state index contributed by atoms with van der Waals surface area (Å²) in [6.45, 7) is 2.70. The van der Waals surface area contributed by atoms with Crippen LogP contribution in [0.15, 0.2) is 24.3 Å². The molecule has 2 nitrogen and oxygen atoms in total. The molecule has 0 aromatic heterocycles. The third-order valence-corrected chi connectivity index (χ3v) is 1.28. The van der Waals surface area contributed by atoms with Crippen molar-refractivity contribution < 1.29 is 39.4 Å². The van der Waals surface area contributed by atoms with E-state index >= 15 is 0 Å². The van der Waals surface area contributed by atoms with Crippen LogP contribution >= 0.6 is 0 Å². The van der Waals surface area contributed by atoms with Gasteiger partial charge in [0.15, 0.2) is 0 Å². The van der Waals surface area contributed by atoms with Gasteiger partial charge in [-0.2, -0.15) is 0 Å². The molecule has 0 saturated heterocycles. The van der Waals surface area contributed by atoms with Crippen molar-refractivity contribution in [2.45, 2.75) is 13.3 Å². The second-order valence-electron chi connectivity index (χ2n) is 2.32. The quantitative estimate of drug-likeness (QED) is 0.525. The van der Waals surface area contributed by atoms with E-state index in [1.165, 1.54) is 12.1 Å². The van der Waals surface area contributed by atoms with Crippen LogP contribution in [0.5, 0.6) is 11.5 Å². The smallest absolute Gasteiger partial charge is 0.872 e. The number of rotatable bonds is 3. The topological polar surface area (TPSA) is 32.3 Å². The molecule has 0 bridgehead atoms. The minimum atomic E-state index is -0.00129. The third-order valence-electron chi connectivity index (χ3n) is 1.28. The van der Waals surface area contributed by atoms with Crippen molar-refractivity contribution in [3.05, 3.63) is 24.3 Å². The predicted molar refractivity (Wildman–Crippen MR) is 41.7 cm³/mol. The molecule has 0 aliphatic heterocycles. The van der Waals surface area contributed by atoms with Crippen LogP contribution in [-0.2, 0) is 0 Å². The summed E-state index contributed by atoms with van der Waals surface area (Å²) < 4.78 is 5.24. The Kier molecular flexibility index (Phi) is 6.25. The van der Waals surface area contributed by atoms with Gasteiger partial charge in [-0.3, -0.25) is 0 Å². The zero-order valence-corrected chi connectivity index (χ0v) is 9.54. The van der Waals surface area contributed by atoms with Crippen LogP contribution in [0.4, 0.5) is 0 Å². The van der Waals surface area contributed by atoms with Crippen molar-refractivity contribution in [3.63, 3.8) is 0 Å². The first-order valence-corrected chi connectivity index (χ1v) is 3.73. The second-order valence-corrected chi connectivity index (χ2v) is 2.32. The summed E-state index contributed by atoms with van der Waals surface area (Å²) >= 11 is 0. The standard InChI is InChI=1S/C9H12O2.Na/c1-2-6-11-9-5-3-4-8(10)7-9;/h3-5,7,10H,2,6H2,1H3;/q;+1/p-1. The number of ether oxygens (including phenoxy) is 1. The Morgan fingerprint density at radius 1 is 1.42 bits per heavy atom. The van der Waals surface area contributed by atoms with Crippen LogP contribution in [0, 0.1) is 0 Å². The zero-order chi connectivity index (χ0) is 8.10. The maximum absolute atomic E-state index is 10.8. The summed E-state index contributed by atoms with van der Waals surface area (Å²) in [5.41, 5.74) is 0. The molecule has 1 aromatic rings. The Morgan fingerprint density at radius 3 is 2.75 bits per heavy atom. The predicted octanol–water partition coefficient (Wildman–Crippen LogP) is -1.45. The summed E-state index contributed by atoms with van der Waals surface area (Å²) in [6.07, 6.45) is 0.961. The van der Waals surface area contributed by atoms with E-state index in [-0.39, 0.29) is 35.3 Å². The van der Waals surface area contributed by atoms with E-state index in [9.17, 15) is 5.11 Å². The molecule has 0 spiro atoms. The molecule has 0 N–H and O–H groups in total. The molecule has 0 aliphatic carbocycles. The summed E-state index contributed by atoms with van der Waals surface area (Å²) in [5, 5.41) is 10.8. The molecule has 60 valence electrons. The minimum absolute atomic E-state index is 0. The molecule has 0 fully saturated rings. The largest absolute Gasteiger partial charge is 1.00 e. The molecule has 0 aliphatic rings. The van der Waals surface area contributed by atoms with Crippen molar-refractivity contribution in [1.82, 2.24) is 0 Å². The first-order chi connectivity index (χ1) is 5.33. The van der Waals surface area contributed by atoms with Gasteiger partial charge in [-0.05, 0) is 18.6 Å². The monoisotopic (exact) mass is 174 g/mol. The summed E-state index contributed by atoms with van der Waals surface area (Å²) in [5.74, 6) is 0.665. The average molecular weight is 174 g/mol. The Morgan fingerprint density at radius 2 is 2.17 bits per heavy atom. The van der Waals surface area contributed by atoms with Gasteiger partial charge in [-0.15, -0.1) is 5.75 Å². The Bertz CT molecular complexity index is 226. The zero-order valence-electron chi connectivity index (χ0n) is 7.54. The fourth-order valence-electron chi connectivity index (χ4n) is 0.784. The molecule has 12 heavy (non-hydrogen) atoms. The molecule has 3 heteroatoms. The van der Waals surface area contributed by atoms with Crippen molar-refractivity contribution in [2.24, 2.45) is 0 Å². The minimum Gasteiger partial charge on any atom is -0.872 e. The summed E-state index contributed by atoms with van der Waals surface area (Å²) in [7, 11) is 0. The van der Waals surface area contributed by atoms with E-state index in [0.29, 0.717) is 12.4 Å². The van der Waals surface area contributed by atoms with Gasteiger partial charge >= 0.3 is 29.6 Å². The van der Waals surface area contributed by atoms with Crippen molar-refractivity contribution in [2.75, 3.05) is 6.61 Å². The number of hydrogen-bond acceptors (Lipinski definition) is 2. The fourth-order valence-corrected chi connectivity index (χ4v) is 0.784. The Hall–Kier alpha value is -0.180.